The maximum Gasteiger partial charge on any atom is 0.490 e. The number of aliphatic carboxylic acids is 2. The molecule has 206 valence electrons. The monoisotopic (exact) mass is 543 g/mol. The number of carboxylic acids is 2. The first kappa shape index (κ1) is 29.6. The average molecular weight is 543 g/mol. The Labute approximate surface area is 205 Å². The first-order valence-corrected chi connectivity index (χ1v) is 10.6. The molecule has 0 radical (unpaired) electrons. The van der Waals surface area contributed by atoms with E-state index >= 15 is 0 Å². The van der Waals surface area contributed by atoms with Crippen molar-refractivity contribution in [1.29, 1.82) is 0 Å². The highest BCUT2D eigenvalue weighted by atomic mass is 19.4. The molecule has 2 N–H and O–H groups in total. The molecule has 0 aliphatic carbocycles. The fourth-order valence-corrected chi connectivity index (χ4v) is 4.07. The molecule has 2 saturated heterocycles. The van der Waals surface area contributed by atoms with Crippen LogP contribution in [0.3, 0.4) is 0 Å². The van der Waals surface area contributed by atoms with Crippen LogP contribution in [0.15, 0.2) is 35.2 Å². The Balaban J connectivity index is 0.000000286. The third-order valence-electron chi connectivity index (χ3n) is 5.75. The number of aromatic nitrogens is 3. The lowest BCUT2D eigenvalue weighted by Crippen LogP contribution is -2.47. The predicted octanol–water partition coefficient (Wildman–Crippen LogP) is 2.37. The minimum Gasteiger partial charge on any atom is -0.475 e. The van der Waals surface area contributed by atoms with Gasteiger partial charge in [-0.05, 0) is 31.9 Å². The third-order valence-corrected chi connectivity index (χ3v) is 5.75. The summed E-state index contributed by atoms with van der Waals surface area (Å²) in [6.07, 6.45) is -2.71. The number of hydrogen-bond donors (Lipinski definition) is 2. The Hall–Kier alpha value is -3.63. The lowest BCUT2D eigenvalue weighted by molar-refractivity contribution is -0.193. The van der Waals surface area contributed by atoms with Crippen LogP contribution in [-0.2, 0) is 16.1 Å². The van der Waals surface area contributed by atoms with E-state index in [1.807, 2.05) is 28.0 Å². The SMILES string of the molecule is CN1[C@H](Cn2cccn2)C[C@@H]2CN(C(=O)c3ccno3)CC[C@@H]21.O=C(O)C(F)(F)F.O=C(O)C(F)(F)F. The van der Waals surface area contributed by atoms with Crippen molar-refractivity contribution in [2.24, 2.45) is 5.92 Å². The number of carbonyl (C=O) groups excluding carboxylic acids is 1. The Morgan fingerprint density at radius 1 is 1.08 bits per heavy atom. The molecule has 0 saturated carbocycles. The zero-order valence-electron chi connectivity index (χ0n) is 19.2. The summed E-state index contributed by atoms with van der Waals surface area (Å²) in [5.41, 5.74) is 0. The molecule has 4 rings (SSSR count). The van der Waals surface area contributed by atoms with Crippen molar-refractivity contribution in [2.45, 2.75) is 43.8 Å². The quantitative estimate of drug-likeness (QED) is 0.558. The Morgan fingerprint density at radius 2 is 1.68 bits per heavy atom. The second-order valence-corrected chi connectivity index (χ2v) is 8.13. The van der Waals surface area contributed by atoms with Crippen molar-refractivity contribution < 1.29 is 55.5 Å². The van der Waals surface area contributed by atoms with Crippen molar-refractivity contribution in [1.82, 2.24) is 24.7 Å². The number of carbonyl (C=O) groups is 3. The molecule has 2 fully saturated rings. The van der Waals surface area contributed by atoms with Crippen LogP contribution in [-0.4, -0.2) is 97.4 Å². The molecule has 11 nitrogen and oxygen atoms in total. The summed E-state index contributed by atoms with van der Waals surface area (Å²) in [5.74, 6) is -4.71. The molecule has 0 bridgehead atoms. The van der Waals surface area contributed by atoms with E-state index in [0.29, 0.717) is 23.8 Å². The number of alkyl halides is 6. The molecule has 2 aromatic rings. The van der Waals surface area contributed by atoms with E-state index in [4.69, 9.17) is 24.3 Å². The first-order chi connectivity index (χ1) is 17.1. The second-order valence-electron chi connectivity index (χ2n) is 8.13. The Kier molecular flexibility index (Phi) is 9.66. The van der Waals surface area contributed by atoms with Crippen LogP contribution < -0.4 is 0 Å². The van der Waals surface area contributed by atoms with Gasteiger partial charge in [0.1, 0.15) is 0 Å². The van der Waals surface area contributed by atoms with Gasteiger partial charge >= 0.3 is 24.3 Å². The number of likely N-dealkylation sites (tertiary alicyclic amines) is 2. The molecule has 4 heterocycles. The largest absolute Gasteiger partial charge is 0.490 e. The van der Waals surface area contributed by atoms with Crippen LogP contribution in [0.1, 0.15) is 23.4 Å². The lowest BCUT2D eigenvalue weighted by atomic mass is 9.92. The number of rotatable bonds is 3. The molecule has 3 atom stereocenters. The number of nitrogens with zero attached hydrogens (tertiary/aromatic N) is 5. The molecular weight excluding hydrogens is 520 g/mol. The molecule has 2 aliphatic rings. The van der Waals surface area contributed by atoms with Crippen LogP contribution in [0.25, 0.3) is 0 Å². The fraction of sp³-hybridized carbons (Fsp3) is 0.550. The van der Waals surface area contributed by atoms with E-state index in [0.717, 1.165) is 32.5 Å². The summed E-state index contributed by atoms with van der Waals surface area (Å²) in [6, 6.07) is 4.62. The maximum atomic E-state index is 12.4. The summed E-state index contributed by atoms with van der Waals surface area (Å²) in [4.78, 5) is 34.6. The standard InChI is InChI=1S/C16H21N5O2.2C2HF3O2/c1-19-13(11-21-7-2-5-17-21)9-12-10-20(8-4-14(12)19)16(22)15-3-6-18-23-15;2*3-2(4,5)1(6)7/h2-3,5-7,12-14H,4,8-11H2,1H3;2*(H,6,7)/t12-,13+,14+;;/m1../s1. The predicted molar refractivity (Wildman–Crippen MR) is 110 cm³/mol. The molecule has 0 unspecified atom stereocenters. The number of likely N-dealkylation sites (N-methyl/N-ethyl adjacent to an activating group) is 1. The highest BCUT2D eigenvalue weighted by Gasteiger charge is 2.43. The molecule has 37 heavy (non-hydrogen) atoms. The topological polar surface area (TPSA) is 142 Å². The van der Waals surface area contributed by atoms with E-state index in [1.54, 1.807) is 6.07 Å². The summed E-state index contributed by atoms with van der Waals surface area (Å²) in [6.45, 7) is 2.48. The normalized spacial score (nSPS) is 21.7. The van der Waals surface area contributed by atoms with Gasteiger partial charge < -0.3 is 19.6 Å². The molecule has 2 aliphatic heterocycles. The minimum absolute atomic E-state index is 0.0425. The van der Waals surface area contributed by atoms with Crippen molar-refractivity contribution in [3.05, 3.63) is 36.5 Å². The van der Waals surface area contributed by atoms with E-state index in [-0.39, 0.29) is 5.91 Å². The van der Waals surface area contributed by atoms with Gasteiger partial charge in [-0.1, -0.05) is 5.16 Å². The van der Waals surface area contributed by atoms with E-state index in [9.17, 15) is 31.1 Å². The smallest absolute Gasteiger partial charge is 0.475 e. The van der Waals surface area contributed by atoms with E-state index in [2.05, 4.69) is 22.2 Å². The molecular formula is C20H23F6N5O6. The minimum atomic E-state index is -5.08. The Morgan fingerprint density at radius 3 is 2.14 bits per heavy atom. The number of carboxylic acid groups (broad SMARTS) is 2. The van der Waals surface area contributed by atoms with Crippen LogP contribution in [0, 0.1) is 5.92 Å². The molecule has 17 heteroatoms. The number of hydrogen-bond acceptors (Lipinski definition) is 7. The molecule has 2 aromatic heterocycles. The van der Waals surface area contributed by atoms with Crippen molar-refractivity contribution in [3.63, 3.8) is 0 Å². The Bertz CT molecular complexity index is 1000. The van der Waals surface area contributed by atoms with Crippen LogP contribution in [0.5, 0.6) is 0 Å². The van der Waals surface area contributed by atoms with Gasteiger partial charge in [0, 0.05) is 43.6 Å². The molecule has 1 amide bonds. The zero-order valence-corrected chi connectivity index (χ0v) is 19.2. The number of halogens is 6. The lowest BCUT2D eigenvalue weighted by Gasteiger charge is -2.36. The molecule has 0 aromatic carbocycles. The molecule has 0 spiro atoms. The average Bonchev–Trinajstić information content (AvgIpc) is 3.56. The fourth-order valence-electron chi connectivity index (χ4n) is 4.07. The van der Waals surface area contributed by atoms with Gasteiger partial charge in [-0.15, -0.1) is 0 Å². The number of piperidine rings is 1. The third kappa shape index (κ3) is 8.47. The second kappa shape index (κ2) is 12.1. The van der Waals surface area contributed by atoms with Crippen molar-refractivity contribution in [2.75, 3.05) is 20.1 Å². The van der Waals surface area contributed by atoms with Gasteiger partial charge in [0.15, 0.2) is 0 Å². The maximum absolute atomic E-state index is 12.4. The van der Waals surface area contributed by atoms with Gasteiger partial charge in [0.2, 0.25) is 5.76 Å². The van der Waals surface area contributed by atoms with Crippen LogP contribution in [0.2, 0.25) is 0 Å². The van der Waals surface area contributed by atoms with Crippen molar-refractivity contribution in [3.8, 4) is 0 Å². The van der Waals surface area contributed by atoms with Crippen molar-refractivity contribution >= 4 is 17.8 Å². The first-order valence-electron chi connectivity index (χ1n) is 10.6. The highest BCUT2D eigenvalue weighted by molar-refractivity contribution is 5.91. The van der Waals surface area contributed by atoms with E-state index in [1.165, 1.54) is 6.20 Å². The van der Waals surface area contributed by atoms with Gasteiger partial charge in [-0.25, -0.2) is 9.59 Å². The van der Waals surface area contributed by atoms with Gasteiger partial charge in [-0.3, -0.25) is 14.4 Å². The van der Waals surface area contributed by atoms with Gasteiger partial charge in [-0.2, -0.15) is 31.4 Å². The summed E-state index contributed by atoms with van der Waals surface area (Å²) >= 11 is 0. The summed E-state index contributed by atoms with van der Waals surface area (Å²) in [5, 5.41) is 22.2. The highest BCUT2D eigenvalue weighted by Crippen LogP contribution is 2.35. The zero-order chi connectivity index (χ0) is 28.0. The number of amides is 1. The summed E-state index contributed by atoms with van der Waals surface area (Å²) < 4.78 is 70.5. The van der Waals surface area contributed by atoms with Crippen LogP contribution >= 0.6 is 0 Å². The number of fused-ring (bicyclic) bond motifs is 1. The summed E-state index contributed by atoms with van der Waals surface area (Å²) in [7, 11) is 2.20. The van der Waals surface area contributed by atoms with E-state index < -0.39 is 24.3 Å². The van der Waals surface area contributed by atoms with Crippen LogP contribution in [0.4, 0.5) is 26.3 Å². The van der Waals surface area contributed by atoms with Gasteiger partial charge in [0.25, 0.3) is 5.91 Å². The van der Waals surface area contributed by atoms with Gasteiger partial charge in [0.05, 0.1) is 12.7 Å².